The molecule has 8 nitrogen and oxygen atoms in total. The maximum Gasteiger partial charge on any atom is 0.261 e. The lowest BCUT2D eigenvalue weighted by Crippen LogP contribution is -2.28. The van der Waals surface area contributed by atoms with Crippen LogP contribution in [0.4, 0.5) is 0 Å². The van der Waals surface area contributed by atoms with Crippen LogP contribution >= 0.6 is 15.9 Å². The summed E-state index contributed by atoms with van der Waals surface area (Å²) in [4.78, 5) is 0. The van der Waals surface area contributed by atoms with E-state index in [1.54, 1.807) is 19.3 Å². The van der Waals surface area contributed by atoms with Crippen molar-refractivity contribution in [2.75, 3.05) is 0 Å². The number of hydrogen-bond acceptors (Lipinski definition) is 5. The molecule has 10 heteroatoms. The number of aryl methyl sites for hydroxylation is 1. The number of aromatic amines is 1. The van der Waals surface area contributed by atoms with Crippen molar-refractivity contribution in [2.45, 2.75) is 18.0 Å². The van der Waals surface area contributed by atoms with E-state index in [1.807, 2.05) is 0 Å². The van der Waals surface area contributed by atoms with Crippen LogP contribution in [0.3, 0.4) is 0 Å². The van der Waals surface area contributed by atoms with Crippen LogP contribution in [0.1, 0.15) is 18.5 Å². The van der Waals surface area contributed by atoms with Crippen LogP contribution in [0.2, 0.25) is 0 Å². The molecule has 18 heavy (non-hydrogen) atoms. The summed E-state index contributed by atoms with van der Waals surface area (Å²) in [6.45, 7) is 1.72. The zero-order chi connectivity index (χ0) is 13.3. The van der Waals surface area contributed by atoms with E-state index in [0.717, 1.165) is 5.56 Å². The number of sulfonamides is 1. The molecule has 2 aromatic heterocycles. The van der Waals surface area contributed by atoms with Crippen molar-refractivity contribution >= 4 is 26.0 Å². The van der Waals surface area contributed by atoms with Gasteiger partial charge in [-0.25, -0.2) is 17.8 Å². The quantitative estimate of drug-likeness (QED) is 0.838. The first kappa shape index (κ1) is 13.2. The van der Waals surface area contributed by atoms with Crippen molar-refractivity contribution in [1.29, 1.82) is 0 Å². The van der Waals surface area contributed by atoms with Crippen LogP contribution in [0.15, 0.2) is 22.0 Å². The second-order valence-corrected chi connectivity index (χ2v) is 6.06. The molecular weight excluding hydrogens is 324 g/mol. The highest BCUT2D eigenvalue weighted by atomic mass is 79.9. The molecule has 0 fully saturated rings. The first-order valence-corrected chi connectivity index (χ1v) is 7.25. The molecule has 0 bridgehead atoms. The van der Waals surface area contributed by atoms with Gasteiger partial charge < -0.3 is 0 Å². The Bertz CT molecular complexity index is 615. The van der Waals surface area contributed by atoms with E-state index in [2.05, 4.69) is 41.2 Å². The van der Waals surface area contributed by atoms with Gasteiger partial charge in [-0.2, -0.15) is 5.10 Å². The van der Waals surface area contributed by atoms with Gasteiger partial charge >= 0.3 is 0 Å². The molecule has 1 atom stereocenters. The van der Waals surface area contributed by atoms with E-state index in [-0.39, 0.29) is 9.63 Å². The Morgan fingerprint density at radius 3 is 2.78 bits per heavy atom. The number of nitrogens with one attached hydrogen (secondary N) is 2. The summed E-state index contributed by atoms with van der Waals surface area (Å²) in [5, 5.41) is 13.7. The molecule has 0 aliphatic heterocycles. The molecule has 2 heterocycles. The number of nitrogens with zero attached hydrogens (tertiary/aromatic N) is 4. The van der Waals surface area contributed by atoms with Crippen LogP contribution in [-0.4, -0.2) is 33.6 Å². The van der Waals surface area contributed by atoms with Crippen LogP contribution in [0.25, 0.3) is 0 Å². The second-order valence-electron chi connectivity index (χ2n) is 3.68. The van der Waals surface area contributed by atoms with Crippen molar-refractivity contribution in [3.63, 3.8) is 0 Å². The molecule has 2 aromatic rings. The van der Waals surface area contributed by atoms with Gasteiger partial charge in [0.2, 0.25) is 5.03 Å². The Labute approximate surface area is 112 Å². The lowest BCUT2D eigenvalue weighted by molar-refractivity contribution is 0.548. The number of aromatic nitrogens is 5. The van der Waals surface area contributed by atoms with Crippen molar-refractivity contribution in [3.8, 4) is 0 Å². The van der Waals surface area contributed by atoms with E-state index in [1.165, 1.54) is 11.7 Å². The zero-order valence-corrected chi connectivity index (χ0v) is 12.0. The highest BCUT2D eigenvalue weighted by Crippen LogP contribution is 2.20. The van der Waals surface area contributed by atoms with Gasteiger partial charge in [-0.3, -0.25) is 5.10 Å². The highest BCUT2D eigenvalue weighted by molar-refractivity contribution is 9.10. The lowest BCUT2D eigenvalue weighted by Gasteiger charge is -2.12. The fraction of sp³-hybridized carbons (Fsp3) is 0.375. The maximum absolute atomic E-state index is 12.2. The van der Waals surface area contributed by atoms with Crippen LogP contribution in [0.5, 0.6) is 0 Å². The van der Waals surface area contributed by atoms with Gasteiger partial charge in [0.25, 0.3) is 10.0 Å². The molecule has 0 amide bonds. The monoisotopic (exact) mass is 334 g/mol. The predicted molar refractivity (Wildman–Crippen MR) is 66.0 cm³/mol. The van der Waals surface area contributed by atoms with Gasteiger partial charge in [0.05, 0.1) is 6.20 Å². The molecule has 2 N–H and O–H groups in total. The minimum atomic E-state index is -3.70. The average molecular weight is 335 g/mol. The summed E-state index contributed by atoms with van der Waals surface area (Å²) in [7, 11) is -2.20. The number of H-pyrrole nitrogens is 1. The van der Waals surface area contributed by atoms with Crippen LogP contribution < -0.4 is 4.72 Å². The summed E-state index contributed by atoms with van der Waals surface area (Å²) in [5.41, 5.74) is 0.741. The minimum absolute atomic E-state index is 0.0159. The van der Waals surface area contributed by atoms with Crippen molar-refractivity contribution < 1.29 is 8.42 Å². The van der Waals surface area contributed by atoms with Crippen LogP contribution in [0, 0.1) is 0 Å². The van der Waals surface area contributed by atoms with E-state index < -0.39 is 16.1 Å². The molecule has 2 rings (SSSR count). The zero-order valence-electron chi connectivity index (χ0n) is 9.62. The highest BCUT2D eigenvalue weighted by Gasteiger charge is 2.26. The molecule has 0 aliphatic rings. The first-order chi connectivity index (χ1) is 8.42. The van der Waals surface area contributed by atoms with Crippen molar-refractivity contribution in [2.24, 2.45) is 7.05 Å². The molecule has 98 valence electrons. The summed E-state index contributed by atoms with van der Waals surface area (Å²) in [5.74, 6) is 0. The van der Waals surface area contributed by atoms with Gasteiger partial charge in [0.1, 0.15) is 0 Å². The molecule has 0 aromatic carbocycles. The van der Waals surface area contributed by atoms with Gasteiger partial charge in [0.15, 0.2) is 4.60 Å². The van der Waals surface area contributed by atoms with Gasteiger partial charge in [-0.1, -0.05) is 5.21 Å². The van der Waals surface area contributed by atoms with Gasteiger partial charge in [-0.05, 0) is 22.9 Å². The summed E-state index contributed by atoms with van der Waals surface area (Å²) >= 11 is 3.06. The summed E-state index contributed by atoms with van der Waals surface area (Å²) < 4.78 is 28.2. The van der Waals surface area contributed by atoms with Crippen molar-refractivity contribution in [1.82, 2.24) is 29.9 Å². The lowest BCUT2D eigenvalue weighted by atomic mass is 10.2. The summed E-state index contributed by atoms with van der Waals surface area (Å²) in [6.07, 6.45) is 3.19. The largest absolute Gasteiger partial charge is 0.285 e. The van der Waals surface area contributed by atoms with Gasteiger partial charge in [0, 0.05) is 24.8 Å². The average Bonchev–Trinajstić information content (AvgIpc) is 2.87. The third-order valence-electron chi connectivity index (χ3n) is 2.34. The van der Waals surface area contributed by atoms with Gasteiger partial charge in [-0.15, -0.1) is 5.10 Å². The molecular formula is C8H11BrN6O2S. The number of rotatable bonds is 4. The SMILES string of the molecule is CC(NS(=O)(=O)c1c(Br)nnn1C)c1cn[nH]c1. The third kappa shape index (κ3) is 2.44. The number of halogens is 1. The Hall–Kier alpha value is -1.26. The van der Waals surface area contributed by atoms with Crippen LogP contribution in [-0.2, 0) is 17.1 Å². The molecule has 0 saturated heterocycles. The molecule has 0 aliphatic carbocycles. The smallest absolute Gasteiger partial charge is 0.261 e. The normalized spacial score (nSPS) is 13.7. The Kier molecular flexibility index (Phi) is 3.50. The number of hydrogen-bond donors (Lipinski definition) is 2. The van der Waals surface area contributed by atoms with E-state index in [4.69, 9.17) is 0 Å². The van der Waals surface area contributed by atoms with E-state index >= 15 is 0 Å². The Morgan fingerprint density at radius 1 is 1.56 bits per heavy atom. The standard InChI is InChI=1S/C8H11BrN6O2S/c1-5(6-3-10-11-4-6)13-18(16,17)8-7(9)12-14-15(8)2/h3-5,13H,1-2H3,(H,10,11). The Balaban J connectivity index is 2.28. The minimum Gasteiger partial charge on any atom is -0.285 e. The molecule has 0 radical (unpaired) electrons. The molecule has 0 saturated carbocycles. The maximum atomic E-state index is 12.2. The predicted octanol–water partition coefficient (Wildman–Crippen LogP) is 0.340. The third-order valence-corrected chi connectivity index (χ3v) is 4.77. The van der Waals surface area contributed by atoms with E-state index in [9.17, 15) is 8.42 Å². The molecule has 0 spiro atoms. The second kappa shape index (κ2) is 4.78. The van der Waals surface area contributed by atoms with E-state index in [0.29, 0.717) is 0 Å². The first-order valence-electron chi connectivity index (χ1n) is 4.98. The fourth-order valence-electron chi connectivity index (χ4n) is 1.46. The van der Waals surface area contributed by atoms with Crippen molar-refractivity contribution in [3.05, 3.63) is 22.6 Å². The Morgan fingerprint density at radius 2 is 2.28 bits per heavy atom. The fourth-order valence-corrected chi connectivity index (χ4v) is 3.79. The molecule has 1 unspecified atom stereocenters. The summed E-state index contributed by atoms with van der Waals surface area (Å²) in [6, 6.07) is -0.407. The topological polar surface area (TPSA) is 106 Å².